The van der Waals surface area contributed by atoms with Crippen LogP contribution in [0.3, 0.4) is 0 Å². The quantitative estimate of drug-likeness (QED) is 0.438. The van der Waals surface area contributed by atoms with Crippen LogP contribution in [0.2, 0.25) is 0 Å². The van der Waals surface area contributed by atoms with Gasteiger partial charge in [0.25, 0.3) is 5.91 Å². The summed E-state index contributed by atoms with van der Waals surface area (Å²) in [5.74, 6) is 0.637. The molecule has 5 nitrogen and oxygen atoms in total. The molecule has 0 unspecified atom stereocenters. The normalized spacial score (nSPS) is 14.7. The van der Waals surface area contributed by atoms with Crippen LogP contribution >= 0.6 is 0 Å². The zero-order valence-corrected chi connectivity index (χ0v) is 18.3. The topological polar surface area (TPSA) is 50.8 Å². The number of hydrogen-bond donors (Lipinski definition) is 1. The van der Waals surface area contributed by atoms with Crippen LogP contribution in [0.4, 0.5) is 5.69 Å². The smallest absolute Gasteiger partial charge is 0.256 e. The number of carbonyl (C=O) groups excluding carboxylic acids is 1. The lowest BCUT2D eigenvalue weighted by molar-refractivity contribution is -0.111. The average molecular weight is 429 g/mol. The zero-order chi connectivity index (χ0) is 22.2. The Labute approximate surface area is 189 Å². The van der Waals surface area contributed by atoms with Gasteiger partial charge in [0.1, 0.15) is 5.75 Å². The van der Waals surface area contributed by atoms with Gasteiger partial charge in [0, 0.05) is 30.9 Å². The third-order valence-electron chi connectivity index (χ3n) is 5.48. The molecule has 0 atom stereocenters. The number of ether oxygens (including phenoxy) is 2. The Morgan fingerprint density at radius 2 is 1.66 bits per heavy atom. The molecule has 3 aromatic carbocycles. The van der Waals surface area contributed by atoms with Gasteiger partial charge in [-0.05, 0) is 47.0 Å². The monoisotopic (exact) mass is 428 g/mol. The molecule has 0 spiro atoms. The number of nitrogens with zero attached hydrogens (tertiary/aromatic N) is 1. The molecule has 32 heavy (non-hydrogen) atoms. The van der Waals surface area contributed by atoms with Gasteiger partial charge in [0.15, 0.2) is 0 Å². The van der Waals surface area contributed by atoms with Crippen molar-refractivity contribution in [3.8, 4) is 5.75 Å². The molecule has 0 bridgehead atoms. The third-order valence-corrected chi connectivity index (χ3v) is 5.48. The molecule has 1 fully saturated rings. The Hall–Kier alpha value is -3.41. The number of amides is 1. The first-order valence-electron chi connectivity index (χ1n) is 10.8. The molecule has 1 amide bonds. The van der Waals surface area contributed by atoms with Gasteiger partial charge >= 0.3 is 0 Å². The van der Waals surface area contributed by atoms with Crippen molar-refractivity contribution in [2.45, 2.75) is 6.54 Å². The molecule has 0 aliphatic carbocycles. The Morgan fingerprint density at radius 3 is 2.31 bits per heavy atom. The van der Waals surface area contributed by atoms with Crippen molar-refractivity contribution in [3.05, 3.63) is 95.6 Å². The molecule has 0 aromatic heterocycles. The number of nitrogens with one attached hydrogen (secondary N) is 1. The highest BCUT2D eigenvalue weighted by Gasteiger charge is 2.14. The van der Waals surface area contributed by atoms with E-state index in [9.17, 15) is 4.79 Å². The SMILES string of the molecule is COc1ccc(/C=C(/C(=O)Nc2ccc(CN3CCOCC3)cc2)c2ccccc2)cc1. The summed E-state index contributed by atoms with van der Waals surface area (Å²) in [6.45, 7) is 4.38. The van der Waals surface area contributed by atoms with E-state index in [4.69, 9.17) is 9.47 Å². The maximum atomic E-state index is 13.2. The summed E-state index contributed by atoms with van der Waals surface area (Å²) in [6.07, 6.45) is 1.90. The van der Waals surface area contributed by atoms with Crippen LogP contribution in [-0.2, 0) is 16.1 Å². The average Bonchev–Trinajstić information content (AvgIpc) is 2.85. The van der Waals surface area contributed by atoms with Crippen molar-refractivity contribution in [2.24, 2.45) is 0 Å². The number of rotatable bonds is 7. The van der Waals surface area contributed by atoms with Gasteiger partial charge in [0.2, 0.25) is 0 Å². The van der Waals surface area contributed by atoms with E-state index in [2.05, 4.69) is 22.3 Å². The number of benzene rings is 3. The van der Waals surface area contributed by atoms with Gasteiger partial charge in [-0.15, -0.1) is 0 Å². The van der Waals surface area contributed by atoms with Crippen LogP contribution in [0.1, 0.15) is 16.7 Å². The molecule has 1 N–H and O–H groups in total. The molecule has 4 rings (SSSR count). The van der Waals surface area contributed by atoms with Crippen molar-refractivity contribution in [3.63, 3.8) is 0 Å². The lowest BCUT2D eigenvalue weighted by atomic mass is 10.0. The number of methoxy groups -OCH3 is 1. The second-order valence-electron chi connectivity index (χ2n) is 7.74. The van der Waals surface area contributed by atoms with E-state index in [1.165, 1.54) is 5.56 Å². The highest BCUT2D eigenvalue weighted by molar-refractivity contribution is 6.29. The summed E-state index contributed by atoms with van der Waals surface area (Å²) in [5.41, 5.74) is 4.40. The minimum atomic E-state index is -0.145. The van der Waals surface area contributed by atoms with Gasteiger partial charge < -0.3 is 14.8 Å². The fourth-order valence-corrected chi connectivity index (χ4v) is 3.67. The number of morpholine rings is 1. The minimum Gasteiger partial charge on any atom is -0.497 e. The van der Waals surface area contributed by atoms with Crippen LogP contribution in [0, 0.1) is 0 Å². The molecule has 1 aliphatic rings. The molecule has 1 saturated heterocycles. The van der Waals surface area contributed by atoms with Crippen molar-refractivity contribution in [1.82, 2.24) is 4.90 Å². The van der Waals surface area contributed by atoms with Crippen molar-refractivity contribution >= 4 is 23.2 Å². The highest BCUT2D eigenvalue weighted by atomic mass is 16.5. The number of carbonyl (C=O) groups is 1. The molecule has 0 radical (unpaired) electrons. The molecule has 1 heterocycles. The van der Waals surface area contributed by atoms with Crippen molar-refractivity contribution in [1.29, 1.82) is 0 Å². The van der Waals surface area contributed by atoms with Gasteiger partial charge in [-0.3, -0.25) is 9.69 Å². The zero-order valence-electron chi connectivity index (χ0n) is 18.3. The Kier molecular flexibility index (Phi) is 7.33. The fraction of sp³-hybridized carbons (Fsp3) is 0.222. The fourth-order valence-electron chi connectivity index (χ4n) is 3.67. The van der Waals surface area contributed by atoms with E-state index in [-0.39, 0.29) is 5.91 Å². The molecule has 5 heteroatoms. The highest BCUT2D eigenvalue weighted by Crippen LogP contribution is 2.22. The van der Waals surface area contributed by atoms with Gasteiger partial charge in [-0.1, -0.05) is 54.6 Å². The first-order valence-corrected chi connectivity index (χ1v) is 10.8. The molecule has 3 aromatic rings. The summed E-state index contributed by atoms with van der Waals surface area (Å²) in [4.78, 5) is 15.6. The molecule has 1 aliphatic heterocycles. The van der Waals surface area contributed by atoms with Gasteiger partial charge in [-0.25, -0.2) is 0 Å². The minimum absolute atomic E-state index is 0.145. The van der Waals surface area contributed by atoms with Crippen molar-refractivity contribution in [2.75, 3.05) is 38.7 Å². The molecule has 164 valence electrons. The van der Waals surface area contributed by atoms with E-state index in [1.807, 2.05) is 72.8 Å². The van der Waals surface area contributed by atoms with E-state index >= 15 is 0 Å². The first kappa shape index (κ1) is 21.8. The van der Waals surface area contributed by atoms with Crippen molar-refractivity contribution < 1.29 is 14.3 Å². The Morgan fingerprint density at radius 1 is 0.969 bits per heavy atom. The lowest BCUT2D eigenvalue weighted by Gasteiger charge is -2.26. The summed E-state index contributed by atoms with van der Waals surface area (Å²) >= 11 is 0. The number of anilines is 1. The standard InChI is InChI=1S/C27H28N2O3/c1-31-25-13-9-21(10-14-25)19-26(23-5-3-2-4-6-23)27(30)28-24-11-7-22(8-12-24)20-29-15-17-32-18-16-29/h2-14,19H,15-18,20H2,1H3,(H,28,30)/b26-19+. The van der Waals surface area contributed by atoms with Crippen LogP contribution < -0.4 is 10.1 Å². The second-order valence-corrected chi connectivity index (χ2v) is 7.74. The Balaban J connectivity index is 1.50. The Bertz CT molecular complexity index is 1040. The maximum absolute atomic E-state index is 13.2. The van der Waals surface area contributed by atoms with Gasteiger partial charge in [0.05, 0.1) is 20.3 Å². The predicted molar refractivity (Wildman–Crippen MR) is 128 cm³/mol. The van der Waals surface area contributed by atoms with E-state index in [0.29, 0.717) is 5.57 Å². The molecule has 0 saturated carbocycles. The van der Waals surface area contributed by atoms with Crippen LogP contribution in [-0.4, -0.2) is 44.2 Å². The van der Waals surface area contributed by atoms with E-state index < -0.39 is 0 Å². The van der Waals surface area contributed by atoms with E-state index in [0.717, 1.165) is 55.4 Å². The lowest BCUT2D eigenvalue weighted by Crippen LogP contribution is -2.35. The summed E-state index contributed by atoms with van der Waals surface area (Å²) < 4.78 is 10.6. The molecular formula is C27H28N2O3. The predicted octanol–water partition coefficient (Wildman–Crippen LogP) is 4.71. The van der Waals surface area contributed by atoms with Crippen LogP contribution in [0.5, 0.6) is 5.75 Å². The third kappa shape index (κ3) is 5.84. The van der Waals surface area contributed by atoms with Crippen LogP contribution in [0.15, 0.2) is 78.9 Å². The summed E-state index contributed by atoms with van der Waals surface area (Å²) in [6, 6.07) is 25.4. The summed E-state index contributed by atoms with van der Waals surface area (Å²) in [7, 11) is 1.64. The maximum Gasteiger partial charge on any atom is 0.256 e. The summed E-state index contributed by atoms with van der Waals surface area (Å²) in [5, 5.41) is 3.05. The van der Waals surface area contributed by atoms with Crippen LogP contribution in [0.25, 0.3) is 11.6 Å². The van der Waals surface area contributed by atoms with E-state index in [1.54, 1.807) is 7.11 Å². The first-order chi connectivity index (χ1) is 15.7. The number of hydrogen-bond acceptors (Lipinski definition) is 4. The van der Waals surface area contributed by atoms with Gasteiger partial charge in [-0.2, -0.15) is 0 Å². The molecular weight excluding hydrogens is 400 g/mol. The second kappa shape index (κ2) is 10.8. The largest absolute Gasteiger partial charge is 0.497 e.